The van der Waals surface area contributed by atoms with Gasteiger partial charge in [-0.2, -0.15) is 5.06 Å². The molecule has 0 aliphatic carbocycles. The van der Waals surface area contributed by atoms with Crippen LogP contribution < -0.4 is 9.80 Å². The second-order valence-corrected chi connectivity index (χ2v) is 5.41. The van der Waals surface area contributed by atoms with Crippen molar-refractivity contribution in [3.8, 4) is 5.75 Å². The zero-order chi connectivity index (χ0) is 17.7. The molecule has 24 heavy (non-hydrogen) atoms. The van der Waals surface area contributed by atoms with Gasteiger partial charge >= 0.3 is 6.09 Å². The van der Waals surface area contributed by atoms with E-state index in [1.54, 1.807) is 18.2 Å². The lowest BCUT2D eigenvalue weighted by Crippen LogP contribution is -2.28. The number of methoxy groups -OCH3 is 1. The topological polar surface area (TPSA) is 79.2 Å². The summed E-state index contributed by atoms with van der Waals surface area (Å²) >= 11 is 0. The van der Waals surface area contributed by atoms with Gasteiger partial charge in [0.25, 0.3) is 0 Å². The Morgan fingerprint density at radius 1 is 1.21 bits per heavy atom. The number of carbonyl (C=O) groups excluding carboxylic acids is 1. The number of benzene rings is 2. The smallest absolute Gasteiger partial charge is 0.438 e. The highest BCUT2D eigenvalue weighted by molar-refractivity contribution is 5.86. The largest absolute Gasteiger partial charge is 0.489 e. The number of ether oxygens (including phenoxy) is 2. The molecule has 0 spiro atoms. The van der Waals surface area contributed by atoms with Crippen LogP contribution in [0.2, 0.25) is 0 Å². The number of hydrogen-bond acceptors (Lipinski definition) is 5. The Labute approximate surface area is 140 Å². The summed E-state index contributed by atoms with van der Waals surface area (Å²) in [5, 5.41) is 19.9. The second kappa shape index (κ2) is 7.81. The molecular weight excluding hydrogens is 310 g/mol. The predicted octanol–water partition coefficient (Wildman–Crippen LogP) is 3.34. The molecule has 0 unspecified atom stereocenters. The van der Waals surface area contributed by atoms with E-state index in [1.165, 1.54) is 7.11 Å². The maximum atomic E-state index is 11.6. The Balaban J connectivity index is 2.32. The lowest BCUT2D eigenvalue weighted by atomic mass is 10.1. The number of aliphatic hydroxyl groups excluding tert-OH is 1. The third-order valence-corrected chi connectivity index (χ3v) is 3.70. The monoisotopic (exact) mass is 331 g/mol. The van der Waals surface area contributed by atoms with E-state index in [9.17, 15) is 15.1 Å². The summed E-state index contributed by atoms with van der Waals surface area (Å²) < 4.78 is 10.3. The number of anilines is 1. The van der Waals surface area contributed by atoms with Crippen LogP contribution in [0.4, 0.5) is 10.5 Å². The van der Waals surface area contributed by atoms with E-state index in [1.807, 2.05) is 32.0 Å². The third kappa shape index (κ3) is 3.84. The van der Waals surface area contributed by atoms with Gasteiger partial charge in [-0.15, -0.1) is 0 Å². The molecule has 2 rings (SSSR count). The number of hydroxylamine groups is 1. The molecule has 0 aliphatic rings. The molecular formula is C18H21NO5. The maximum absolute atomic E-state index is 11.6. The minimum absolute atomic E-state index is 0.0873. The highest BCUT2D eigenvalue weighted by Crippen LogP contribution is 2.27. The molecule has 128 valence electrons. The van der Waals surface area contributed by atoms with Crippen LogP contribution in [0.3, 0.4) is 0 Å². The van der Waals surface area contributed by atoms with Crippen LogP contribution in [0.1, 0.15) is 22.3 Å². The summed E-state index contributed by atoms with van der Waals surface area (Å²) in [6, 6.07) is 10.7. The fourth-order valence-electron chi connectivity index (χ4n) is 2.43. The lowest BCUT2D eigenvalue weighted by Gasteiger charge is -2.20. The number of carbonyl (C=O) groups is 1. The van der Waals surface area contributed by atoms with Gasteiger partial charge in [0, 0.05) is 5.56 Å². The van der Waals surface area contributed by atoms with E-state index in [0.717, 1.165) is 11.1 Å². The van der Waals surface area contributed by atoms with E-state index in [0.29, 0.717) is 21.9 Å². The van der Waals surface area contributed by atoms with Gasteiger partial charge in [-0.3, -0.25) is 5.21 Å². The molecule has 0 aliphatic heterocycles. The van der Waals surface area contributed by atoms with E-state index in [2.05, 4.69) is 4.74 Å². The summed E-state index contributed by atoms with van der Waals surface area (Å²) in [5.41, 5.74) is 3.38. The van der Waals surface area contributed by atoms with Crippen LogP contribution in [-0.2, 0) is 18.0 Å². The van der Waals surface area contributed by atoms with Crippen molar-refractivity contribution in [1.29, 1.82) is 0 Å². The quantitative estimate of drug-likeness (QED) is 0.649. The van der Waals surface area contributed by atoms with Gasteiger partial charge in [0.2, 0.25) is 0 Å². The first-order valence-corrected chi connectivity index (χ1v) is 7.46. The van der Waals surface area contributed by atoms with Crippen molar-refractivity contribution in [1.82, 2.24) is 0 Å². The van der Waals surface area contributed by atoms with Gasteiger partial charge in [0.15, 0.2) is 0 Å². The molecule has 0 heterocycles. The highest BCUT2D eigenvalue weighted by Gasteiger charge is 2.19. The number of hydrogen-bond donors (Lipinski definition) is 2. The molecule has 2 N–H and O–H groups in total. The van der Waals surface area contributed by atoms with Crippen LogP contribution in [0.15, 0.2) is 36.4 Å². The summed E-state index contributed by atoms with van der Waals surface area (Å²) in [6.45, 7) is 3.78. The molecule has 0 saturated carbocycles. The number of aryl methyl sites for hydroxylation is 2. The SMILES string of the molecule is COC(=O)N(O)c1cccc(CO)c1COc1ccc(C)cc1C. The van der Waals surface area contributed by atoms with Crippen molar-refractivity contribution < 1.29 is 24.6 Å². The first-order valence-electron chi connectivity index (χ1n) is 7.46. The minimum atomic E-state index is -0.919. The number of rotatable bonds is 5. The molecule has 2 aromatic carbocycles. The van der Waals surface area contributed by atoms with Crippen LogP contribution in [-0.4, -0.2) is 23.5 Å². The average molecular weight is 331 g/mol. The third-order valence-electron chi connectivity index (χ3n) is 3.70. The molecule has 0 aromatic heterocycles. The first-order chi connectivity index (χ1) is 11.5. The van der Waals surface area contributed by atoms with Gasteiger partial charge < -0.3 is 14.6 Å². The summed E-state index contributed by atoms with van der Waals surface area (Å²) in [5.74, 6) is 0.696. The van der Waals surface area contributed by atoms with E-state index in [4.69, 9.17) is 4.74 Å². The Bertz CT molecular complexity index is 729. The number of amides is 1. The van der Waals surface area contributed by atoms with Crippen molar-refractivity contribution in [2.45, 2.75) is 27.1 Å². The summed E-state index contributed by atoms with van der Waals surface area (Å²) in [6.07, 6.45) is -0.919. The first kappa shape index (κ1) is 17.8. The summed E-state index contributed by atoms with van der Waals surface area (Å²) in [4.78, 5) is 11.6. The zero-order valence-corrected chi connectivity index (χ0v) is 13.9. The molecule has 0 saturated heterocycles. The maximum Gasteiger partial charge on any atom is 0.438 e. The standard InChI is InChI=1S/C18H21NO5/c1-12-7-8-17(13(2)9-12)24-11-15-14(10-20)5-4-6-16(15)19(22)18(21)23-3/h4-9,20,22H,10-11H2,1-3H3. The Morgan fingerprint density at radius 3 is 2.58 bits per heavy atom. The second-order valence-electron chi connectivity index (χ2n) is 5.41. The normalized spacial score (nSPS) is 10.4. The van der Waals surface area contributed by atoms with E-state index < -0.39 is 6.09 Å². The minimum Gasteiger partial charge on any atom is -0.489 e. The number of aliphatic hydroxyl groups is 1. The van der Waals surface area contributed by atoms with Crippen molar-refractivity contribution in [3.63, 3.8) is 0 Å². The van der Waals surface area contributed by atoms with Crippen LogP contribution in [0.25, 0.3) is 0 Å². The fraction of sp³-hybridized carbons (Fsp3) is 0.278. The van der Waals surface area contributed by atoms with Crippen molar-refractivity contribution in [2.24, 2.45) is 0 Å². The van der Waals surface area contributed by atoms with Crippen LogP contribution in [0.5, 0.6) is 5.75 Å². The highest BCUT2D eigenvalue weighted by atomic mass is 16.6. The molecule has 0 atom stereocenters. The van der Waals surface area contributed by atoms with E-state index in [-0.39, 0.29) is 18.9 Å². The fourth-order valence-corrected chi connectivity index (χ4v) is 2.43. The van der Waals surface area contributed by atoms with Gasteiger partial charge in [0.1, 0.15) is 12.4 Å². The van der Waals surface area contributed by atoms with Gasteiger partial charge in [-0.25, -0.2) is 4.79 Å². The van der Waals surface area contributed by atoms with E-state index >= 15 is 0 Å². The predicted molar refractivity (Wildman–Crippen MR) is 89.3 cm³/mol. The molecule has 1 amide bonds. The van der Waals surface area contributed by atoms with Crippen molar-refractivity contribution in [3.05, 3.63) is 58.7 Å². The Kier molecular flexibility index (Phi) is 5.78. The molecule has 0 fully saturated rings. The molecule has 6 nitrogen and oxygen atoms in total. The summed E-state index contributed by atoms with van der Waals surface area (Å²) in [7, 11) is 1.17. The van der Waals surface area contributed by atoms with Crippen LogP contribution in [0, 0.1) is 13.8 Å². The lowest BCUT2D eigenvalue weighted by molar-refractivity contribution is 0.140. The Morgan fingerprint density at radius 2 is 1.96 bits per heavy atom. The van der Waals surface area contributed by atoms with Gasteiger partial charge in [-0.1, -0.05) is 29.8 Å². The molecule has 0 bridgehead atoms. The van der Waals surface area contributed by atoms with Crippen molar-refractivity contribution >= 4 is 11.8 Å². The molecule has 6 heteroatoms. The zero-order valence-electron chi connectivity index (χ0n) is 13.9. The molecule has 0 radical (unpaired) electrons. The molecule has 2 aromatic rings. The average Bonchev–Trinajstić information content (AvgIpc) is 2.59. The Hall–Kier alpha value is -2.57. The number of nitrogens with zero attached hydrogens (tertiary/aromatic N) is 1. The van der Waals surface area contributed by atoms with Gasteiger partial charge in [0.05, 0.1) is 19.4 Å². The van der Waals surface area contributed by atoms with Crippen molar-refractivity contribution in [2.75, 3.05) is 12.2 Å². The van der Waals surface area contributed by atoms with Gasteiger partial charge in [-0.05, 0) is 37.1 Å². The van der Waals surface area contributed by atoms with Crippen LogP contribution >= 0.6 is 0 Å².